The Morgan fingerprint density at radius 1 is 1.45 bits per heavy atom. The normalized spacial score (nSPS) is 27.6. The van der Waals surface area contributed by atoms with Crippen LogP contribution >= 0.6 is 34.7 Å². The summed E-state index contributed by atoms with van der Waals surface area (Å²) >= 11 is 10.2. The first kappa shape index (κ1) is 15.2. The van der Waals surface area contributed by atoms with Crippen LogP contribution in [0, 0.1) is 12.8 Å². The predicted molar refractivity (Wildman–Crippen MR) is 89.0 cm³/mol. The van der Waals surface area contributed by atoms with E-state index in [9.17, 15) is 0 Å². The van der Waals surface area contributed by atoms with Gasteiger partial charge in [0.25, 0.3) is 0 Å². The summed E-state index contributed by atoms with van der Waals surface area (Å²) in [7, 11) is 0. The Bertz CT molecular complexity index is 465. The van der Waals surface area contributed by atoms with Crippen molar-refractivity contribution in [2.24, 2.45) is 11.7 Å². The fraction of sp³-hybridized carbons (Fsp3) is 0.733. The molecule has 0 amide bonds. The quantitative estimate of drug-likeness (QED) is 0.872. The van der Waals surface area contributed by atoms with E-state index in [0.29, 0.717) is 5.92 Å². The molecule has 2 atom stereocenters. The average Bonchev–Trinajstić information content (AvgIpc) is 2.79. The minimum absolute atomic E-state index is 0.0663. The molecule has 5 heteroatoms. The Morgan fingerprint density at radius 2 is 2.20 bits per heavy atom. The van der Waals surface area contributed by atoms with Gasteiger partial charge in [0.15, 0.2) is 0 Å². The van der Waals surface area contributed by atoms with Gasteiger partial charge in [0.1, 0.15) is 0 Å². The summed E-state index contributed by atoms with van der Waals surface area (Å²) in [6.45, 7) is 2.91. The van der Waals surface area contributed by atoms with E-state index in [0.717, 1.165) is 34.9 Å². The van der Waals surface area contributed by atoms with Crippen LogP contribution in [0.15, 0.2) is 5.38 Å². The summed E-state index contributed by atoms with van der Waals surface area (Å²) in [6, 6.07) is 0.0663. The third kappa shape index (κ3) is 2.91. The molecule has 2 N–H and O–H groups in total. The molecule has 2 nitrogen and oxygen atoms in total. The zero-order valence-electron chi connectivity index (χ0n) is 11.9. The number of nitrogens with two attached hydrogens (primary N) is 1. The van der Waals surface area contributed by atoms with Crippen LogP contribution in [-0.4, -0.2) is 23.7 Å². The van der Waals surface area contributed by atoms with Crippen LogP contribution in [0.25, 0.3) is 0 Å². The predicted octanol–water partition coefficient (Wildman–Crippen LogP) is 4.40. The highest BCUT2D eigenvalue weighted by Crippen LogP contribution is 2.45. The largest absolute Gasteiger partial charge is 0.375 e. The fourth-order valence-corrected chi connectivity index (χ4v) is 6.00. The van der Waals surface area contributed by atoms with Gasteiger partial charge >= 0.3 is 0 Å². The minimum atomic E-state index is 0.0663. The van der Waals surface area contributed by atoms with E-state index in [1.165, 1.54) is 24.3 Å². The zero-order chi connectivity index (χ0) is 14.2. The van der Waals surface area contributed by atoms with E-state index in [2.05, 4.69) is 12.3 Å². The van der Waals surface area contributed by atoms with Crippen molar-refractivity contribution in [2.75, 3.05) is 18.1 Å². The van der Waals surface area contributed by atoms with Gasteiger partial charge in [0.05, 0.1) is 10.6 Å². The molecule has 1 aromatic rings. The Balaban J connectivity index is 1.74. The van der Waals surface area contributed by atoms with Crippen molar-refractivity contribution >= 4 is 34.7 Å². The summed E-state index contributed by atoms with van der Waals surface area (Å²) in [5, 5.41) is 2.99. The summed E-state index contributed by atoms with van der Waals surface area (Å²) in [4.78, 5) is 1.16. The first-order valence-electron chi connectivity index (χ1n) is 7.32. The molecule has 2 aliphatic rings. The second-order valence-electron chi connectivity index (χ2n) is 6.02. The number of rotatable bonds is 2. The number of hydrogen-bond donors (Lipinski definition) is 1. The maximum absolute atomic E-state index is 6.54. The topological polar surface area (TPSA) is 35.2 Å². The highest BCUT2D eigenvalue weighted by molar-refractivity contribution is 7.99. The van der Waals surface area contributed by atoms with Crippen LogP contribution in [0.1, 0.15) is 42.2 Å². The van der Waals surface area contributed by atoms with Crippen molar-refractivity contribution in [1.82, 2.24) is 0 Å². The molecule has 3 rings (SSSR count). The molecule has 0 bridgehead atoms. The first-order valence-corrected chi connectivity index (χ1v) is 9.73. The van der Waals surface area contributed by atoms with Gasteiger partial charge in [-0.3, -0.25) is 0 Å². The van der Waals surface area contributed by atoms with E-state index in [1.54, 1.807) is 11.3 Å². The maximum atomic E-state index is 6.54. The first-order chi connectivity index (χ1) is 9.61. The van der Waals surface area contributed by atoms with Crippen LogP contribution in [0.3, 0.4) is 0 Å². The van der Waals surface area contributed by atoms with Gasteiger partial charge in [-0.25, -0.2) is 0 Å². The highest BCUT2D eigenvalue weighted by atomic mass is 35.5. The van der Waals surface area contributed by atoms with E-state index in [-0.39, 0.29) is 11.6 Å². The minimum Gasteiger partial charge on any atom is -0.375 e. The number of thiophene rings is 1. The lowest BCUT2D eigenvalue weighted by Gasteiger charge is -2.44. The van der Waals surface area contributed by atoms with Gasteiger partial charge in [-0.1, -0.05) is 11.6 Å². The van der Waals surface area contributed by atoms with Crippen LogP contribution in [0.2, 0.25) is 5.02 Å². The van der Waals surface area contributed by atoms with Gasteiger partial charge in [0, 0.05) is 17.5 Å². The SMILES string of the molecule is Cc1csc(C(N)C2CCOC3(CCSCC3)C2)c1Cl. The molecular formula is C15H22ClNOS2. The Kier molecular flexibility index (Phi) is 4.68. The van der Waals surface area contributed by atoms with Crippen molar-refractivity contribution < 1.29 is 4.74 Å². The molecule has 1 spiro atoms. The third-order valence-electron chi connectivity index (χ3n) is 4.67. The van der Waals surface area contributed by atoms with Crippen molar-refractivity contribution in [3.05, 3.63) is 20.8 Å². The standard InChI is InChI=1S/C15H22ClNOS2/c1-10-9-20-14(12(10)16)13(17)11-2-5-18-15(8-11)3-6-19-7-4-15/h9,11,13H,2-8,17H2,1H3. The van der Waals surface area contributed by atoms with Gasteiger partial charge in [-0.2, -0.15) is 11.8 Å². The number of thioether (sulfide) groups is 1. The number of ether oxygens (including phenoxy) is 1. The van der Waals surface area contributed by atoms with Crippen LogP contribution in [-0.2, 0) is 4.74 Å². The van der Waals surface area contributed by atoms with Gasteiger partial charge in [-0.05, 0) is 61.0 Å². The average molecular weight is 332 g/mol. The van der Waals surface area contributed by atoms with Crippen molar-refractivity contribution in [2.45, 2.75) is 44.2 Å². The molecule has 2 aliphatic heterocycles. The molecule has 0 radical (unpaired) electrons. The molecule has 0 aliphatic carbocycles. The van der Waals surface area contributed by atoms with Crippen molar-refractivity contribution in [3.63, 3.8) is 0 Å². The molecular weight excluding hydrogens is 310 g/mol. The van der Waals surface area contributed by atoms with Gasteiger partial charge in [0.2, 0.25) is 0 Å². The smallest absolute Gasteiger partial charge is 0.0701 e. The highest BCUT2D eigenvalue weighted by Gasteiger charge is 2.41. The van der Waals surface area contributed by atoms with Crippen LogP contribution in [0.5, 0.6) is 0 Å². The summed E-state index contributed by atoms with van der Waals surface area (Å²) in [6.07, 6.45) is 4.52. The molecule has 20 heavy (non-hydrogen) atoms. The second kappa shape index (κ2) is 6.17. The summed E-state index contributed by atoms with van der Waals surface area (Å²) in [5.41, 5.74) is 7.79. The monoisotopic (exact) mass is 331 g/mol. The van der Waals surface area contributed by atoms with E-state index < -0.39 is 0 Å². The van der Waals surface area contributed by atoms with Crippen LogP contribution in [0.4, 0.5) is 0 Å². The third-order valence-corrected chi connectivity index (χ3v) is 7.47. The molecule has 2 fully saturated rings. The van der Waals surface area contributed by atoms with E-state index in [1.807, 2.05) is 11.8 Å². The lowest BCUT2D eigenvalue weighted by Crippen LogP contribution is -2.45. The number of hydrogen-bond acceptors (Lipinski definition) is 4. The summed E-state index contributed by atoms with van der Waals surface area (Å²) in [5.74, 6) is 2.95. The van der Waals surface area contributed by atoms with Gasteiger partial charge in [-0.15, -0.1) is 11.3 Å². The fourth-order valence-electron chi connectivity index (χ4n) is 3.35. The second-order valence-corrected chi connectivity index (χ2v) is 8.53. The number of aryl methyl sites for hydroxylation is 1. The molecule has 0 aromatic carbocycles. The maximum Gasteiger partial charge on any atom is 0.0701 e. The Morgan fingerprint density at radius 3 is 2.85 bits per heavy atom. The zero-order valence-corrected chi connectivity index (χ0v) is 14.3. The lowest BCUT2D eigenvalue weighted by molar-refractivity contribution is -0.105. The van der Waals surface area contributed by atoms with Crippen molar-refractivity contribution in [1.29, 1.82) is 0 Å². The van der Waals surface area contributed by atoms with Crippen molar-refractivity contribution in [3.8, 4) is 0 Å². The van der Waals surface area contributed by atoms with E-state index in [4.69, 9.17) is 22.1 Å². The molecule has 1 aromatic heterocycles. The van der Waals surface area contributed by atoms with Crippen LogP contribution < -0.4 is 5.73 Å². The Hall–Kier alpha value is 0.260. The molecule has 2 saturated heterocycles. The molecule has 2 unspecified atom stereocenters. The molecule has 112 valence electrons. The Labute approximate surface area is 134 Å². The number of halogens is 1. The molecule has 0 saturated carbocycles. The summed E-state index contributed by atoms with van der Waals surface area (Å²) < 4.78 is 6.16. The lowest BCUT2D eigenvalue weighted by atomic mass is 9.78. The van der Waals surface area contributed by atoms with E-state index >= 15 is 0 Å². The molecule has 3 heterocycles. The van der Waals surface area contributed by atoms with Gasteiger partial charge < -0.3 is 10.5 Å².